The number of benzene rings is 1. The Morgan fingerprint density at radius 1 is 1.09 bits per heavy atom. The minimum atomic E-state index is -0.226. The Hall–Kier alpha value is -1.57. The molecule has 2 rings (SSSR count). The molecule has 11 heavy (non-hydrogen) atoms. The van der Waals surface area contributed by atoms with Gasteiger partial charge in [-0.2, -0.15) is 0 Å². The van der Waals surface area contributed by atoms with Crippen LogP contribution in [0.5, 0.6) is 5.75 Å². The minimum absolute atomic E-state index is 0.0869. The summed E-state index contributed by atoms with van der Waals surface area (Å²) in [5.41, 5.74) is 1.04. The number of hydrogen-bond acceptors (Lipinski definition) is 2. The van der Waals surface area contributed by atoms with Crippen LogP contribution in [-0.2, 0) is 0 Å². The molecule has 2 aromatic rings. The zero-order valence-corrected chi connectivity index (χ0v) is 5.74. The van der Waals surface area contributed by atoms with Crippen molar-refractivity contribution in [1.29, 1.82) is 0 Å². The second-order valence-corrected chi connectivity index (χ2v) is 2.42. The van der Waals surface area contributed by atoms with Gasteiger partial charge in [-0.05, 0) is 5.56 Å². The van der Waals surface area contributed by atoms with Gasteiger partial charge in [0.15, 0.2) is 5.75 Å². The normalized spacial score (nSPS) is 10.5. The summed E-state index contributed by atoms with van der Waals surface area (Å²) in [7, 11) is 0. The van der Waals surface area contributed by atoms with Crippen LogP contribution in [0.25, 0.3) is 11.1 Å². The average Bonchev–Trinajstić information content (AvgIpc) is 2.62. The molecule has 54 valence electrons. The molecule has 2 heteroatoms. The maximum absolute atomic E-state index is 10.7. The van der Waals surface area contributed by atoms with Crippen LogP contribution in [0.1, 0.15) is 0 Å². The molecule has 1 N–H and O–H groups in total. The molecule has 0 aliphatic heterocycles. The van der Waals surface area contributed by atoms with Gasteiger partial charge in [-0.15, -0.1) is 0 Å². The summed E-state index contributed by atoms with van der Waals surface area (Å²) in [6.45, 7) is 0. The number of rotatable bonds is 1. The van der Waals surface area contributed by atoms with Crippen molar-refractivity contribution in [2.45, 2.75) is 0 Å². The first-order chi connectivity index (χ1) is 5.30. The van der Waals surface area contributed by atoms with Crippen LogP contribution in [0, 0.1) is 0 Å². The molecule has 2 nitrogen and oxygen atoms in total. The van der Waals surface area contributed by atoms with Crippen LogP contribution in [0.2, 0.25) is 0 Å². The van der Waals surface area contributed by atoms with E-state index in [4.69, 9.17) is 5.11 Å². The van der Waals surface area contributed by atoms with Crippen LogP contribution >= 0.6 is 0 Å². The van der Waals surface area contributed by atoms with Gasteiger partial charge in [0.05, 0.1) is 5.56 Å². The van der Waals surface area contributed by atoms with Crippen molar-refractivity contribution in [2.24, 2.45) is 0 Å². The maximum Gasteiger partial charge on any atom is 0.232 e. The van der Waals surface area contributed by atoms with E-state index in [-0.39, 0.29) is 11.2 Å². The Kier molecular flexibility index (Phi) is 1.09. The third kappa shape index (κ3) is 0.835. The van der Waals surface area contributed by atoms with Crippen molar-refractivity contribution in [2.75, 3.05) is 0 Å². The highest BCUT2D eigenvalue weighted by atomic mass is 16.3. The van der Waals surface area contributed by atoms with E-state index >= 15 is 0 Å². The van der Waals surface area contributed by atoms with Gasteiger partial charge >= 0.3 is 0 Å². The van der Waals surface area contributed by atoms with E-state index in [1.54, 1.807) is 12.1 Å². The van der Waals surface area contributed by atoms with Crippen molar-refractivity contribution in [3.63, 3.8) is 0 Å². The van der Waals surface area contributed by atoms with Gasteiger partial charge in [-0.1, -0.05) is 30.3 Å². The molecule has 0 saturated carbocycles. The topological polar surface area (TPSA) is 37.3 Å². The lowest BCUT2D eigenvalue weighted by molar-refractivity contribution is 0.489. The molecule has 0 unspecified atom stereocenters. The Labute approximate surface area is 63.4 Å². The average molecular weight is 146 g/mol. The fourth-order valence-corrected chi connectivity index (χ4v) is 1.03. The smallest absolute Gasteiger partial charge is 0.232 e. The predicted molar refractivity (Wildman–Crippen MR) is 42.2 cm³/mol. The lowest BCUT2D eigenvalue weighted by Gasteiger charge is -1.87. The van der Waals surface area contributed by atoms with E-state index < -0.39 is 0 Å². The van der Waals surface area contributed by atoms with Crippen LogP contribution in [-0.4, -0.2) is 5.11 Å². The molecule has 0 atom stereocenters. The Balaban J connectivity index is 2.48. The lowest BCUT2D eigenvalue weighted by atomic mass is 10.2. The van der Waals surface area contributed by atoms with E-state index in [2.05, 4.69) is 0 Å². The van der Waals surface area contributed by atoms with Crippen molar-refractivity contribution in [3.8, 4) is 16.9 Å². The van der Waals surface area contributed by atoms with Crippen LogP contribution in [0.15, 0.2) is 35.1 Å². The second-order valence-electron chi connectivity index (χ2n) is 2.42. The van der Waals surface area contributed by atoms with Gasteiger partial charge in [0.1, 0.15) is 0 Å². The van der Waals surface area contributed by atoms with E-state index in [1.807, 2.05) is 18.2 Å². The summed E-state index contributed by atoms with van der Waals surface area (Å²) in [4.78, 5) is 10.7. The molecule has 0 aliphatic rings. The summed E-state index contributed by atoms with van der Waals surface area (Å²) in [5.74, 6) is -0.0869. The molecule has 0 aliphatic carbocycles. The summed E-state index contributed by atoms with van der Waals surface area (Å²) >= 11 is 0. The number of aromatic hydroxyl groups is 1. The second kappa shape index (κ2) is 1.95. The molecule has 0 heterocycles. The summed E-state index contributed by atoms with van der Waals surface area (Å²) in [6.07, 6.45) is 0. The molecule has 0 radical (unpaired) electrons. The Morgan fingerprint density at radius 3 is 2.09 bits per heavy atom. The highest BCUT2D eigenvalue weighted by Gasteiger charge is 2.22. The summed E-state index contributed by atoms with van der Waals surface area (Å²) in [5, 5.41) is 8.88. The van der Waals surface area contributed by atoms with E-state index in [1.165, 1.54) is 0 Å². The molecule has 0 bridgehead atoms. The Bertz CT molecular complexity index is 380. The monoisotopic (exact) mass is 146 g/mol. The largest absolute Gasteiger partial charge is 0.504 e. The van der Waals surface area contributed by atoms with Gasteiger partial charge < -0.3 is 5.11 Å². The molecule has 0 spiro atoms. The van der Waals surface area contributed by atoms with Crippen molar-refractivity contribution >= 4 is 0 Å². The highest BCUT2D eigenvalue weighted by Crippen LogP contribution is 2.30. The highest BCUT2D eigenvalue weighted by molar-refractivity contribution is 5.79. The van der Waals surface area contributed by atoms with Gasteiger partial charge in [-0.3, -0.25) is 4.79 Å². The van der Waals surface area contributed by atoms with Gasteiger partial charge in [0.2, 0.25) is 5.43 Å². The van der Waals surface area contributed by atoms with Gasteiger partial charge in [-0.25, -0.2) is 0 Å². The molecule has 0 fully saturated rings. The van der Waals surface area contributed by atoms with Crippen LogP contribution in [0.4, 0.5) is 0 Å². The third-order valence-electron chi connectivity index (χ3n) is 1.68. The Morgan fingerprint density at radius 2 is 1.64 bits per heavy atom. The molecule has 2 aromatic carbocycles. The van der Waals surface area contributed by atoms with Gasteiger partial charge in [0.25, 0.3) is 0 Å². The first-order valence-electron chi connectivity index (χ1n) is 3.34. The standard InChI is InChI=1S/C9H6O2/c10-8-7(9(8)11)6-4-2-1-3-5-6/h1-5,10H. The van der Waals surface area contributed by atoms with Crippen LogP contribution < -0.4 is 5.43 Å². The molecular weight excluding hydrogens is 140 g/mol. The molecule has 0 saturated heterocycles. The van der Waals surface area contributed by atoms with E-state index in [0.29, 0.717) is 5.56 Å². The molecule has 0 aromatic heterocycles. The summed E-state index contributed by atoms with van der Waals surface area (Å²) in [6, 6.07) is 9.14. The van der Waals surface area contributed by atoms with Gasteiger partial charge in [0, 0.05) is 0 Å². The zero-order valence-electron chi connectivity index (χ0n) is 5.74. The fraction of sp³-hybridized carbons (Fsp3) is 0. The predicted octanol–water partition coefficient (Wildman–Crippen LogP) is 1.29. The first kappa shape index (κ1) is 6.16. The molecular formula is C9H6O2. The zero-order chi connectivity index (χ0) is 7.84. The first-order valence-corrected chi connectivity index (χ1v) is 3.34. The number of hydrogen-bond donors (Lipinski definition) is 1. The SMILES string of the molecule is O=c1c(O)c1-c1ccccc1. The maximum atomic E-state index is 10.7. The minimum Gasteiger partial charge on any atom is -0.504 e. The summed E-state index contributed by atoms with van der Waals surface area (Å²) < 4.78 is 0. The fourth-order valence-electron chi connectivity index (χ4n) is 1.03. The van der Waals surface area contributed by atoms with E-state index in [0.717, 1.165) is 5.56 Å². The van der Waals surface area contributed by atoms with Crippen molar-refractivity contribution in [3.05, 3.63) is 40.6 Å². The van der Waals surface area contributed by atoms with E-state index in [9.17, 15) is 4.79 Å². The van der Waals surface area contributed by atoms with Crippen molar-refractivity contribution < 1.29 is 5.11 Å². The quantitative estimate of drug-likeness (QED) is 0.658. The lowest BCUT2D eigenvalue weighted by Crippen LogP contribution is -1.75. The third-order valence-corrected chi connectivity index (χ3v) is 1.68. The molecule has 0 amide bonds. The van der Waals surface area contributed by atoms with Crippen LogP contribution in [0.3, 0.4) is 0 Å². The van der Waals surface area contributed by atoms with Crippen molar-refractivity contribution in [1.82, 2.24) is 0 Å².